The molecule has 1 aromatic heterocycles. The van der Waals surface area contributed by atoms with E-state index in [9.17, 15) is 9.59 Å². The zero-order valence-corrected chi connectivity index (χ0v) is 21.6. The Hall–Kier alpha value is -3.52. The minimum absolute atomic E-state index is 0.181. The van der Waals surface area contributed by atoms with Crippen molar-refractivity contribution in [3.63, 3.8) is 0 Å². The van der Waals surface area contributed by atoms with Crippen LogP contribution in [-0.2, 0) is 13.1 Å². The van der Waals surface area contributed by atoms with E-state index in [1.54, 1.807) is 4.90 Å². The number of aromatic nitrogens is 1. The van der Waals surface area contributed by atoms with Crippen LogP contribution in [-0.4, -0.2) is 53.8 Å². The lowest BCUT2D eigenvalue weighted by molar-refractivity contribution is 0.173. The number of urea groups is 1. The van der Waals surface area contributed by atoms with E-state index in [4.69, 9.17) is 9.47 Å². The minimum atomic E-state index is -0.202. The number of ether oxygens (including phenoxy) is 2. The molecule has 0 saturated heterocycles. The van der Waals surface area contributed by atoms with Crippen LogP contribution in [0.2, 0.25) is 0 Å². The molecule has 0 saturated carbocycles. The summed E-state index contributed by atoms with van der Waals surface area (Å²) in [5.41, 5.74) is 4.25. The predicted octanol–water partition coefficient (Wildman–Crippen LogP) is 4.32. The average molecular weight is 493 g/mol. The Kier molecular flexibility index (Phi) is 8.15. The lowest BCUT2D eigenvalue weighted by atomic mass is 10.0. The van der Waals surface area contributed by atoms with E-state index in [2.05, 4.69) is 41.2 Å². The number of aromatic amines is 1. The molecule has 0 atom stereocenters. The SMILES string of the molecule is CCN(CC)CCCNC(=O)N(Cc1ccc2c(c1)OCO2)Cc1cc2cc(C)cc(C)c2[nH]c1=O. The van der Waals surface area contributed by atoms with Crippen molar-refractivity contribution in [2.45, 2.75) is 47.2 Å². The quantitative estimate of drug-likeness (QED) is 0.412. The maximum Gasteiger partial charge on any atom is 0.318 e. The summed E-state index contributed by atoms with van der Waals surface area (Å²) in [5.74, 6) is 1.37. The molecule has 0 spiro atoms. The van der Waals surface area contributed by atoms with Gasteiger partial charge in [-0.05, 0) is 80.7 Å². The molecule has 0 aliphatic carbocycles. The second kappa shape index (κ2) is 11.5. The fourth-order valence-electron chi connectivity index (χ4n) is 4.66. The van der Waals surface area contributed by atoms with E-state index in [0.29, 0.717) is 30.2 Å². The predicted molar refractivity (Wildman–Crippen MR) is 142 cm³/mol. The topological polar surface area (TPSA) is 86.9 Å². The molecule has 8 heteroatoms. The van der Waals surface area contributed by atoms with Gasteiger partial charge in [0.05, 0.1) is 12.1 Å². The van der Waals surface area contributed by atoms with Crippen LogP contribution in [0.3, 0.4) is 0 Å². The number of hydrogen-bond acceptors (Lipinski definition) is 5. The lowest BCUT2D eigenvalue weighted by Crippen LogP contribution is -2.41. The van der Waals surface area contributed by atoms with Crippen molar-refractivity contribution in [1.82, 2.24) is 20.1 Å². The molecule has 3 aromatic rings. The molecular weight excluding hydrogens is 456 g/mol. The molecule has 36 heavy (non-hydrogen) atoms. The molecule has 0 radical (unpaired) electrons. The van der Waals surface area contributed by atoms with Crippen LogP contribution in [0.25, 0.3) is 10.9 Å². The van der Waals surface area contributed by atoms with Gasteiger partial charge < -0.3 is 29.6 Å². The third kappa shape index (κ3) is 5.99. The van der Waals surface area contributed by atoms with Gasteiger partial charge in [-0.15, -0.1) is 0 Å². The molecule has 0 fully saturated rings. The van der Waals surface area contributed by atoms with E-state index < -0.39 is 0 Å². The third-order valence-corrected chi connectivity index (χ3v) is 6.65. The first-order valence-corrected chi connectivity index (χ1v) is 12.6. The molecule has 8 nitrogen and oxygen atoms in total. The van der Waals surface area contributed by atoms with Crippen LogP contribution < -0.4 is 20.3 Å². The lowest BCUT2D eigenvalue weighted by Gasteiger charge is -2.24. The molecule has 4 rings (SSSR count). The highest BCUT2D eigenvalue weighted by Crippen LogP contribution is 2.33. The highest BCUT2D eigenvalue weighted by Gasteiger charge is 2.19. The highest BCUT2D eigenvalue weighted by atomic mass is 16.7. The Morgan fingerprint density at radius 2 is 1.81 bits per heavy atom. The van der Waals surface area contributed by atoms with E-state index in [1.165, 1.54) is 0 Å². The van der Waals surface area contributed by atoms with Crippen LogP contribution in [0.15, 0.2) is 41.2 Å². The van der Waals surface area contributed by atoms with Crippen molar-refractivity contribution in [1.29, 1.82) is 0 Å². The third-order valence-electron chi connectivity index (χ3n) is 6.65. The molecule has 2 N–H and O–H groups in total. The maximum absolute atomic E-state index is 13.3. The summed E-state index contributed by atoms with van der Waals surface area (Å²) in [6, 6.07) is 11.5. The van der Waals surface area contributed by atoms with Crippen molar-refractivity contribution < 1.29 is 14.3 Å². The molecule has 192 valence electrons. The number of aryl methyl sites for hydroxylation is 2. The first-order chi connectivity index (χ1) is 17.4. The molecule has 0 unspecified atom stereocenters. The first kappa shape index (κ1) is 25.6. The molecule has 1 aliphatic rings. The number of carbonyl (C=O) groups is 1. The van der Waals surface area contributed by atoms with E-state index >= 15 is 0 Å². The van der Waals surface area contributed by atoms with Gasteiger partial charge in [-0.3, -0.25) is 4.79 Å². The fourth-order valence-corrected chi connectivity index (χ4v) is 4.66. The number of pyridine rings is 1. The van der Waals surface area contributed by atoms with Crippen molar-refractivity contribution in [2.75, 3.05) is 33.0 Å². The normalized spacial score (nSPS) is 12.4. The molecule has 2 aromatic carbocycles. The number of fused-ring (bicyclic) bond motifs is 2. The number of hydrogen-bond donors (Lipinski definition) is 2. The number of rotatable bonds is 10. The van der Waals surface area contributed by atoms with Gasteiger partial charge in [0.2, 0.25) is 6.79 Å². The minimum Gasteiger partial charge on any atom is -0.454 e. The summed E-state index contributed by atoms with van der Waals surface area (Å²) in [6.45, 7) is 12.5. The van der Waals surface area contributed by atoms with Crippen LogP contribution in [0.1, 0.15) is 42.5 Å². The van der Waals surface area contributed by atoms with Crippen molar-refractivity contribution in [3.8, 4) is 11.5 Å². The standard InChI is InChI=1S/C28H36N4O4/c1-5-31(6-2)11-7-10-29-28(34)32(16-21-8-9-24-25(14-21)36-18-35-24)17-23-15-22-13-19(3)12-20(4)26(22)30-27(23)33/h8-9,12-15H,5-7,10-11,16-18H2,1-4H3,(H,29,34)(H,30,33). The molecule has 1 aliphatic heterocycles. The Morgan fingerprint density at radius 1 is 1.03 bits per heavy atom. The summed E-state index contributed by atoms with van der Waals surface area (Å²) in [6.07, 6.45) is 0.862. The summed E-state index contributed by atoms with van der Waals surface area (Å²) in [4.78, 5) is 33.3. The van der Waals surface area contributed by atoms with Gasteiger partial charge in [0.1, 0.15) is 0 Å². The number of nitrogens with zero attached hydrogens (tertiary/aromatic N) is 2. The Bertz CT molecular complexity index is 1280. The monoisotopic (exact) mass is 492 g/mol. The smallest absolute Gasteiger partial charge is 0.318 e. The summed E-state index contributed by atoms with van der Waals surface area (Å²) >= 11 is 0. The number of carbonyl (C=O) groups excluding carboxylic acids is 1. The van der Waals surface area contributed by atoms with Crippen LogP contribution in [0.4, 0.5) is 4.79 Å². The van der Waals surface area contributed by atoms with Crippen molar-refractivity contribution >= 4 is 16.9 Å². The number of H-pyrrole nitrogens is 1. The second-order valence-corrected chi connectivity index (χ2v) is 9.33. The van der Waals surface area contributed by atoms with Gasteiger partial charge in [0.25, 0.3) is 5.56 Å². The van der Waals surface area contributed by atoms with Crippen LogP contribution in [0, 0.1) is 13.8 Å². The van der Waals surface area contributed by atoms with Crippen LogP contribution in [0.5, 0.6) is 11.5 Å². The fraction of sp³-hybridized carbons (Fsp3) is 0.429. The summed E-state index contributed by atoms with van der Waals surface area (Å²) < 4.78 is 10.9. The Balaban J connectivity index is 1.55. The molecular formula is C28H36N4O4. The van der Waals surface area contributed by atoms with Gasteiger partial charge in [0, 0.05) is 18.7 Å². The largest absolute Gasteiger partial charge is 0.454 e. The van der Waals surface area contributed by atoms with Crippen molar-refractivity contribution in [2.24, 2.45) is 0 Å². The molecule has 2 heterocycles. The Labute approximate surface area is 212 Å². The molecule has 2 amide bonds. The summed E-state index contributed by atoms with van der Waals surface area (Å²) in [7, 11) is 0. The number of amides is 2. The maximum atomic E-state index is 13.3. The van der Waals surface area contributed by atoms with Crippen molar-refractivity contribution in [3.05, 3.63) is 69.0 Å². The summed E-state index contributed by atoms with van der Waals surface area (Å²) in [5, 5.41) is 4.01. The van der Waals surface area contributed by atoms with Gasteiger partial charge in [0.15, 0.2) is 11.5 Å². The van der Waals surface area contributed by atoms with Crippen LogP contribution >= 0.6 is 0 Å². The van der Waals surface area contributed by atoms with E-state index in [0.717, 1.165) is 53.6 Å². The number of benzene rings is 2. The van der Waals surface area contributed by atoms with Gasteiger partial charge in [-0.25, -0.2) is 4.79 Å². The van der Waals surface area contributed by atoms with E-state index in [1.807, 2.05) is 38.1 Å². The Morgan fingerprint density at radius 3 is 2.58 bits per heavy atom. The average Bonchev–Trinajstić information content (AvgIpc) is 3.32. The van der Waals surface area contributed by atoms with Gasteiger partial charge >= 0.3 is 6.03 Å². The van der Waals surface area contributed by atoms with E-state index in [-0.39, 0.29) is 24.9 Å². The number of nitrogens with one attached hydrogen (secondary N) is 2. The molecule has 0 bridgehead atoms. The highest BCUT2D eigenvalue weighted by molar-refractivity contribution is 5.83. The zero-order chi connectivity index (χ0) is 25.7. The first-order valence-electron chi connectivity index (χ1n) is 12.6. The zero-order valence-electron chi connectivity index (χ0n) is 21.6. The second-order valence-electron chi connectivity index (χ2n) is 9.33. The van der Waals surface area contributed by atoms with Gasteiger partial charge in [-0.1, -0.05) is 31.5 Å². The van der Waals surface area contributed by atoms with Gasteiger partial charge in [-0.2, -0.15) is 0 Å².